The highest BCUT2D eigenvalue weighted by Crippen LogP contribution is 2.33. The maximum atomic E-state index is 4.29. The SMILES string of the molecule is C=C(/C=C\C(=C/C)C(=C)PCc1ccc(C)c(C)c1)/C(C)=C/C=C\C. The van der Waals surface area contributed by atoms with Crippen molar-refractivity contribution in [3.05, 3.63) is 107 Å². The maximum Gasteiger partial charge on any atom is -0.00601 e. The van der Waals surface area contributed by atoms with Gasteiger partial charge >= 0.3 is 0 Å². The van der Waals surface area contributed by atoms with Crippen molar-refractivity contribution < 1.29 is 0 Å². The van der Waals surface area contributed by atoms with Gasteiger partial charge in [-0.1, -0.05) is 76.4 Å². The van der Waals surface area contributed by atoms with Gasteiger partial charge < -0.3 is 0 Å². The van der Waals surface area contributed by atoms with E-state index in [1.165, 1.54) is 33.2 Å². The van der Waals surface area contributed by atoms with E-state index >= 15 is 0 Å². The van der Waals surface area contributed by atoms with Gasteiger partial charge in [0.1, 0.15) is 0 Å². The second-order valence-electron chi connectivity index (χ2n) is 6.23. The summed E-state index contributed by atoms with van der Waals surface area (Å²) in [7, 11) is 0.692. The largest absolute Gasteiger partial charge is 0.0915 e. The molecule has 1 unspecified atom stereocenters. The lowest BCUT2D eigenvalue weighted by Crippen LogP contribution is -1.86. The summed E-state index contributed by atoms with van der Waals surface area (Å²) >= 11 is 0. The van der Waals surface area contributed by atoms with Gasteiger partial charge in [-0.2, -0.15) is 0 Å². The highest BCUT2D eigenvalue weighted by molar-refractivity contribution is 7.42. The van der Waals surface area contributed by atoms with E-state index in [-0.39, 0.29) is 0 Å². The van der Waals surface area contributed by atoms with Crippen LogP contribution in [0.1, 0.15) is 37.5 Å². The van der Waals surface area contributed by atoms with Gasteiger partial charge in [-0.05, 0) is 79.5 Å². The second-order valence-corrected chi connectivity index (χ2v) is 7.54. The normalized spacial score (nSPS) is 13.5. The minimum Gasteiger partial charge on any atom is -0.0915 e. The van der Waals surface area contributed by atoms with E-state index in [0.717, 1.165) is 11.7 Å². The lowest BCUT2D eigenvalue weighted by molar-refractivity contribution is 1.28. The molecule has 0 heterocycles. The number of allylic oxidation sites excluding steroid dienone is 10. The van der Waals surface area contributed by atoms with E-state index in [1.807, 2.05) is 19.1 Å². The molecule has 25 heavy (non-hydrogen) atoms. The van der Waals surface area contributed by atoms with E-state index in [1.54, 1.807) is 0 Å². The van der Waals surface area contributed by atoms with Gasteiger partial charge in [-0.25, -0.2) is 0 Å². The van der Waals surface area contributed by atoms with Gasteiger partial charge in [0, 0.05) is 0 Å². The van der Waals surface area contributed by atoms with E-state index in [9.17, 15) is 0 Å². The van der Waals surface area contributed by atoms with Crippen molar-refractivity contribution in [1.82, 2.24) is 0 Å². The number of hydrogen-bond donors (Lipinski definition) is 0. The molecule has 0 aliphatic rings. The van der Waals surface area contributed by atoms with Crippen LogP contribution in [0, 0.1) is 13.8 Å². The number of rotatable bonds is 8. The standard InChI is InChI=1S/C24H31P/c1-8-10-11-18(3)19(4)13-15-24(9-2)22(7)25-17-23-14-12-20(5)21(6)16-23/h8-16,25H,4,7,17H2,1-3,5-6H3/b10-8-,15-13-,18-11+,24-9+. The lowest BCUT2D eigenvalue weighted by atomic mass is 10.1. The Morgan fingerprint density at radius 2 is 1.80 bits per heavy atom. The van der Waals surface area contributed by atoms with E-state index in [4.69, 9.17) is 0 Å². The molecular formula is C24H31P. The molecule has 0 aliphatic carbocycles. The van der Waals surface area contributed by atoms with Crippen LogP contribution in [-0.4, -0.2) is 0 Å². The zero-order valence-electron chi connectivity index (χ0n) is 16.3. The average molecular weight is 350 g/mol. The molecule has 0 spiro atoms. The molecule has 0 saturated heterocycles. The number of aryl methyl sites for hydroxylation is 2. The molecule has 0 N–H and O–H groups in total. The summed E-state index contributed by atoms with van der Waals surface area (Å²) in [5.41, 5.74) is 7.50. The summed E-state index contributed by atoms with van der Waals surface area (Å²) in [4.78, 5) is 0. The Morgan fingerprint density at radius 1 is 1.08 bits per heavy atom. The van der Waals surface area contributed by atoms with Crippen LogP contribution in [0.15, 0.2) is 89.8 Å². The third-order valence-corrected chi connectivity index (χ3v) is 5.55. The average Bonchev–Trinajstić information content (AvgIpc) is 2.60. The zero-order valence-corrected chi connectivity index (χ0v) is 17.3. The number of hydrogen-bond acceptors (Lipinski definition) is 0. The molecule has 1 aromatic carbocycles. The van der Waals surface area contributed by atoms with Gasteiger partial charge in [0.2, 0.25) is 0 Å². The predicted molar refractivity (Wildman–Crippen MR) is 118 cm³/mol. The molecule has 132 valence electrons. The van der Waals surface area contributed by atoms with Crippen LogP contribution in [0.4, 0.5) is 0 Å². The molecule has 1 heteroatoms. The summed E-state index contributed by atoms with van der Waals surface area (Å²) in [5, 5.41) is 1.19. The van der Waals surface area contributed by atoms with Gasteiger partial charge in [0.05, 0.1) is 0 Å². The maximum absolute atomic E-state index is 4.29. The van der Waals surface area contributed by atoms with Crippen molar-refractivity contribution in [2.24, 2.45) is 0 Å². The molecule has 0 aromatic heterocycles. The molecule has 0 bridgehead atoms. The Kier molecular flexibility index (Phi) is 9.17. The first kappa shape index (κ1) is 21.1. The van der Waals surface area contributed by atoms with Crippen molar-refractivity contribution >= 4 is 8.58 Å². The van der Waals surface area contributed by atoms with Crippen LogP contribution < -0.4 is 0 Å². The Labute approximate surface area is 156 Å². The van der Waals surface area contributed by atoms with E-state index < -0.39 is 0 Å². The van der Waals surface area contributed by atoms with Crippen molar-refractivity contribution in [1.29, 1.82) is 0 Å². The van der Waals surface area contributed by atoms with Crippen LogP contribution in [0.2, 0.25) is 0 Å². The van der Waals surface area contributed by atoms with Crippen molar-refractivity contribution in [2.75, 3.05) is 0 Å². The first-order valence-corrected chi connectivity index (χ1v) is 9.92. The second kappa shape index (κ2) is 10.9. The Bertz CT molecular complexity index is 739. The third-order valence-electron chi connectivity index (χ3n) is 4.25. The first-order chi connectivity index (χ1) is 11.9. The highest BCUT2D eigenvalue weighted by Gasteiger charge is 2.02. The molecule has 0 radical (unpaired) electrons. The summed E-state index contributed by atoms with van der Waals surface area (Å²) in [5.74, 6) is 0. The summed E-state index contributed by atoms with van der Waals surface area (Å²) in [6.07, 6.45) is 13.5. The van der Waals surface area contributed by atoms with E-state index in [2.05, 4.69) is 83.4 Å². The quantitative estimate of drug-likeness (QED) is 0.335. The molecule has 1 aromatic rings. The minimum atomic E-state index is 0.692. The molecule has 1 rings (SSSR count). The van der Waals surface area contributed by atoms with Gasteiger partial charge in [-0.15, -0.1) is 0 Å². The lowest BCUT2D eigenvalue weighted by Gasteiger charge is -2.09. The molecule has 0 fully saturated rings. The number of benzene rings is 1. The molecule has 0 aliphatic heterocycles. The molecular weight excluding hydrogens is 319 g/mol. The van der Waals surface area contributed by atoms with Crippen LogP contribution in [-0.2, 0) is 6.16 Å². The minimum absolute atomic E-state index is 0.692. The molecule has 0 nitrogen and oxygen atoms in total. The summed E-state index contributed by atoms with van der Waals surface area (Å²) in [6, 6.07) is 6.72. The Hall–Kier alpha value is -1.91. The Morgan fingerprint density at radius 3 is 2.40 bits per heavy atom. The topological polar surface area (TPSA) is 0 Å². The van der Waals surface area contributed by atoms with Crippen molar-refractivity contribution in [2.45, 2.75) is 40.8 Å². The van der Waals surface area contributed by atoms with Gasteiger partial charge in [0.25, 0.3) is 0 Å². The highest BCUT2D eigenvalue weighted by atomic mass is 31.1. The van der Waals surface area contributed by atoms with Crippen molar-refractivity contribution in [3.63, 3.8) is 0 Å². The van der Waals surface area contributed by atoms with Gasteiger partial charge in [0.15, 0.2) is 0 Å². The van der Waals surface area contributed by atoms with Crippen LogP contribution in [0.5, 0.6) is 0 Å². The fourth-order valence-electron chi connectivity index (χ4n) is 2.26. The van der Waals surface area contributed by atoms with Crippen molar-refractivity contribution in [3.8, 4) is 0 Å². The third kappa shape index (κ3) is 7.24. The fraction of sp³-hybridized carbons (Fsp3) is 0.250. The van der Waals surface area contributed by atoms with Crippen LogP contribution in [0.25, 0.3) is 0 Å². The van der Waals surface area contributed by atoms with E-state index in [0.29, 0.717) is 8.58 Å². The monoisotopic (exact) mass is 350 g/mol. The van der Waals surface area contributed by atoms with Gasteiger partial charge in [-0.3, -0.25) is 0 Å². The fourth-order valence-corrected chi connectivity index (χ4v) is 3.33. The smallest absolute Gasteiger partial charge is 0.00601 e. The predicted octanol–water partition coefficient (Wildman–Crippen LogP) is 7.58. The first-order valence-electron chi connectivity index (χ1n) is 8.71. The van der Waals surface area contributed by atoms with Crippen LogP contribution in [0.3, 0.4) is 0 Å². The summed E-state index contributed by atoms with van der Waals surface area (Å²) in [6.45, 7) is 18.9. The molecule has 0 saturated carbocycles. The Balaban J connectivity index is 2.70. The molecule has 0 amide bonds. The van der Waals surface area contributed by atoms with Crippen LogP contribution >= 0.6 is 8.58 Å². The zero-order chi connectivity index (χ0) is 18.8. The molecule has 1 atom stereocenters. The summed E-state index contributed by atoms with van der Waals surface area (Å²) < 4.78 is 0.